The molecule has 0 amide bonds. The van der Waals surface area contributed by atoms with E-state index in [0.717, 1.165) is 0 Å². The summed E-state index contributed by atoms with van der Waals surface area (Å²) in [5.74, 6) is -0.530. The van der Waals surface area contributed by atoms with Crippen LogP contribution in [-0.2, 0) is 11.2 Å². The fraction of sp³-hybridized carbons (Fsp3) is 0.417. The van der Waals surface area contributed by atoms with E-state index in [1.807, 2.05) is 0 Å². The second-order valence-electron chi connectivity index (χ2n) is 3.73. The van der Waals surface area contributed by atoms with Crippen molar-refractivity contribution in [1.82, 2.24) is 5.32 Å². The topological polar surface area (TPSA) is 88.0 Å². The molecule has 0 radical (unpaired) electrons. The molecule has 1 rings (SSSR count). The minimum absolute atomic E-state index is 0.0971. The SMILES string of the molecule is CN[C@H](Cc1cc(OC)c(O)c(OC)c1)C(=O)O. The molecule has 3 N–H and O–H groups in total. The molecule has 0 saturated heterocycles. The van der Waals surface area contributed by atoms with E-state index in [9.17, 15) is 9.90 Å². The van der Waals surface area contributed by atoms with E-state index in [1.165, 1.54) is 14.2 Å². The number of rotatable bonds is 6. The Morgan fingerprint density at radius 2 is 1.83 bits per heavy atom. The van der Waals surface area contributed by atoms with Crippen LogP contribution in [0.5, 0.6) is 17.2 Å². The molecule has 0 saturated carbocycles. The molecular formula is C12H17NO5. The van der Waals surface area contributed by atoms with Crippen LogP contribution < -0.4 is 14.8 Å². The Labute approximate surface area is 105 Å². The number of hydrogen-bond acceptors (Lipinski definition) is 5. The van der Waals surface area contributed by atoms with E-state index in [1.54, 1.807) is 19.2 Å². The summed E-state index contributed by atoms with van der Waals surface area (Å²) in [7, 11) is 4.42. The minimum Gasteiger partial charge on any atom is -0.502 e. The number of methoxy groups -OCH3 is 2. The molecule has 0 aromatic heterocycles. The highest BCUT2D eigenvalue weighted by atomic mass is 16.5. The Bertz CT molecular complexity index is 407. The highest BCUT2D eigenvalue weighted by Crippen LogP contribution is 2.37. The molecule has 18 heavy (non-hydrogen) atoms. The van der Waals surface area contributed by atoms with Crippen LogP contribution in [0, 0.1) is 0 Å². The molecule has 0 unspecified atom stereocenters. The van der Waals surface area contributed by atoms with Crippen LogP contribution in [0.3, 0.4) is 0 Å². The van der Waals surface area contributed by atoms with Crippen molar-refractivity contribution in [3.05, 3.63) is 17.7 Å². The number of phenolic OH excluding ortho intramolecular Hbond substituents is 1. The lowest BCUT2D eigenvalue weighted by molar-refractivity contribution is -0.139. The zero-order valence-corrected chi connectivity index (χ0v) is 10.6. The number of carboxylic acids is 1. The average Bonchev–Trinajstić information content (AvgIpc) is 2.36. The van der Waals surface area contributed by atoms with Crippen LogP contribution in [0.25, 0.3) is 0 Å². The molecule has 6 nitrogen and oxygen atoms in total. The summed E-state index contributed by atoms with van der Waals surface area (Å²) in [5.41, 5.74) is 0.697. The monoisotopic (exact) mass is 255 g/mol. The van der Waals surface area contributed by atoms with Gasteiger partial charge in [-0.25, -0.2) is 0 Å². The van der Waals surface area contributed by atoms with Gasteiger partial charge in [0.1, 0.15) is 6.04 Å². The van der Waals surface area contributed by atoms with Gasteiger partial charge in [0.15, 0.2) is 11.5 Å². The van der Waals surface area contributed by atoms with Gasteiger partial charge in [0, 0.05) is 0 Å². The van der Waals surface area contributed by atoms with Crippen molar-refractivity contribution < 1.29 is 24.5 Å². The van der Waals surface area contributed by atoms with E-state index in [-0.39, 0.29) is 23.7 Å². The van der Waals surface area contributed by atoms with Crippen molar-refractivity contribution in [2.24, 2.45) is 0 Å². The van der Waals surface area contributed by atoms with Crippen LogP contribution in [0.15, 0.2) is 12.1 Å². The molecule has 0 aliphatic heterocycles. The van der Waals surface area contributed by atoms with Gasteiger partial charge >= 0.3 is 5.97 Å². The van der Waals surface area contributed by atoms with Gasteiger partial charge in [-0.2, -0.15) is 0 Å². The maximum atomic E-state index is 10.9. The molecule has 1 atom stereocenters. The Hall–Kier alpha value is -1.95. The van der Waals surface area contributed by atoms with E-state index < -0.39 is 12.0 Å². The van der Waals surface area contributed by atoms with E-state index in [2.05, 4.69) is 5.32 Å². The number of carbonyl (C=O) groups is 1. The first kappa shape index (κ1) is 14.1. The van der Waals surface area contributed by atoms with E-state index in [4.69, 9.17) is 14.6 Å². The molecule has 0 aliphatic carbocycles. The Morgan fingerprint density at radius 3 is 2.17 bits per heavy atom. The van der Waals surface area contributed by atoms with Gasteiger partial charge in [0.25, 0.3) is 0 Å². The summed E-state index contributed by atoms with van der Waals surface area (Å²) in [6.45, 7) is 0. The fourth-order valence-electron chi connectivity index (χ4n) is 1.61. The standard InChI is InChI=1S/C12H17NO5/c1-13-8(12(15)16)4-7-5-9(17-2)11(14)10(6-7)18-3/h5-6,8,13-14H,4H2,1-3H3,(H,15,16)/t8-/m1/s1. The highest BCUT2D eigenvalue weighted by molar-refractivity contribution is 5.74. The smallest absolute Gasteiger partial charge is 0.321 e. The lowest BCUT2D eigenvalue weighted by Gasteiger charge is -2.14. The van der Waals surface area contributed by atoms with Crippen molar-refractivity contribution in [1.29, 1.82) is 0 Å². The van der Waals surface area contributed by atoms with Gasteiger partial charge in [-0.05, 0) is 31.2 Å². The van der Waals surface area contributed by atoms with E-state index >= 15 is 0 Å². The highest BCUT2D eigenvalue weighted by Gasteiger charge is 2.18. The molecule has 0 heterocycles. The molecule has 100 valence electrons. The van der Waals surface area contributed by atoms with E-state index in [0.29, 0.717) is 5.56 Å². The molecule has 0 aliphatic rings. The van der Waals surface area contributed by atoms with Crippen LogP contribution in [0.1, 0.15) is 5.56 Å². The fourth-order valence-corrected chi connectivity index (χ4v) is 1.61. The molecule has 1 aromatic rings. The van der Waals surface area contributed by atoms with Crippen molar-refractivity contribution in [3.63, 3.8) is 0 Å². The Kier molecular flexibility index (Phi) is 4.79. The predicted octanol–water partition coefficient (Wildman–Crippen LogP) is 0.624. The first-order valence-corrected chi connectivity index (χ1v) is 5.37. The second kappa shape index (κ2) is 6.11. The first-order valence-electron chi connectivity index (χ1n) is 5.37. The maximum Gasteiger partial charge on any atom is 0.321 e. The van der Waals surface area contributed by atoms with Crippen LogP contribution in [0.4, 0.5) is 0 Å². The number of aromatic hydroxyl groups is 1. The number of hydrogen-bond donors (Lipinski definition) is 3. The molecule has 0 spiro atoms. The molecule has 1 aromatic carbocycles. The van der Waals surface area contributed by atoms with Crippen LogP contribution in [0.2, 0.25) is 0 Å². The number of likely N-dealkylation sites (N-methyl/N-ethyl adjacent to an activating group) is 1. The summed E-state index contributed by atoms with van der Waals surface area (Å²) in [4.78, 5) is 10.9. The third-order valence-electron chi connectivity index (χ3n) is 2.63. The van der Waals surface area contributed by atoms with Crippen molar-refractivity contribution in [2.75, 3.05) is 21.3 Å². The third-order valence-corrected chi connectivity index (χ3v) is 2.63. The molecular weight excluding hydrogens is 238 g/mol. The zero-order valence-electron chi connectivity index (χ0n) is 10.6. The lowest BCUT2D eigenvalue weighted by Crippen LogP contribution is -2.35. The quantitative estimate of drug-likeness (QED) is 0.691. The number of nitrogens with one attached hydrogen (secondary N) is 1. The Morgan fingerprint density at radius 1 is 1.33 bits per heavy atom. The number of aliphatic carboxylic acids is 1. The maximum absolute atomic E-state index is 10.9. The van der Waals surface area contributed by atoms with Crippen molar-refractivity contribution in [2.45, 2.75) is 12.5 Å². The average molecular weight is 255 g/mol. The van der Waals surface area contributed by atoms with Crippen molar-refractivity contribution >= 4 is 5.97 Å². The van der Waals surface area contributed by atoms with Gasteiger partial charge < -0.3 is 25.0 Å². The summed E-state index contributed by atoms with van der Waals surface area (Å²) in [5, 5.41) is 21.4. The number of phenols is 1. The normalized spacial score (nSPS) is 11.9. The van der Waals surface area contributed by atoms with Gasteiger partial charge in [-0.1, -0.05) is 0 Å². The summed E-state index contributed by atoms with van der Waals surface area (Å²) in [6.07, 6.45) is 0.263. The molecule has 6 heteroatoms. The number of ether oxygens (including phenoxy) is 2. The summed E-state index contributed by atoms with van der Waals surface area (Å²) in [6, 6.07) is 2.47. The summed E-state index contributed by atoms with van der Waals surface area (Å²) < 4.78 is 10.0. The van der Waals surface area contributed by atoms with Gasteiger partial charge in [0.2, 0.25) is 5.75 Å². The van der Waals surface area contributed by atoms with Gasteiger partial charge in [0.05, 0.1) is 14.2 Å². The summed E-state index contributed by atoms with van der Waals surface area (Å²) >= 11 is 0. The first-order chi connectivity index (χ1) is 8.53. The van der Waals surface area contributed by atoms with Gasteiger partial charge in [-0.15, -0.1) is 0 Å². The van der Waals surface area contributed by atoms with Gasteiger partial charge in [-0.3, -0.25) is 4.79 Å². The van der Waals surface area contributed by atoms with Crippen LogP contribution in [-0.4, -0.2) is 43.5 Å². The predicted molar refractivity (Wildman–Crippen MR) is 65.4 cm³/mol. The molecule has 0 fully saturated rings. The Balaban J connectivity index is 3.06. The largest absolute Gasteiger partial charge is 0.502 e. The van der Waals surface area contributed by atoms with Crippen molar-refractivity contribution in [3.8, 4) is 17.2 Å². The second-order valence-corrected chi connectivity index (χ2v) is 3.73. The number of benzene rings is 1. The lowest BCUT2D eigenvalue weighted by atomic mass is 10.0. The number of carboxylic acid groups (broad SMARTS) is 1. The third kappa shape index (κ3) is 3.04. The molecule has 0 bridgehead atoms. The zero-order chi connectivity index (χ0) is 13.7. The van der Waals surface area contributed by atoms with Crippen LogP contribution >= 0.6 is 0 Å². The minimum atomic E-state index is -0.941.